The molecule has 1 fully saturated rings. The zero-order valence-electron chi connectivity index (χ0n) is 15.0. The Kier molecular flexibility index (Phi) is 7.13. The predicted molar refractivity (Wildman–Crippen MR) is 91.0 cm³/mol. The standard InChI is InChI=1S/C17H35N3O2/c1-6-7-8-9-20(10-11-21)15(22)18-14-12-16(2,3)19-17(4,5)13-14/h14,19,21H,6-13H2,1-5H3,(H,18,22). The Balaban J connectivity index is 2.59. The molecule has 0 aliphatic carbocycles. The maximum atomic E-state index is 12.5. The van der Waals surface area contributed by atoms with Crippen LogP contribution in [0, 0.1) is 0 Å². The number of aliphatic hydroxyl groups is 1. The number of hydrogen-bond acceptors (Lipinski definition) is 3. The van der Waals surface area contributed by atoms with Crippen molar-refractivity contribution in [1.82, 2.24) is 15.5 Å². The molecule has 0 bridgehead atoms. The van der Waals surface area contributed by atoms with Crippen LogP contribution in [0.5, 0.6) is 0 Å². The molecule has 0 aromatic rings. The molecule has 5 heteroatoms. The maximum absolute atomic E-state index is 12.5. The molecule has 1 aliphatic rings. The number of nitrogens with one attached hydrogen (secondary N) is 2. The number of aliphatic hydroxyl groups excluding tert-OH is 1. The first-order valence-corrected chi connectivity index (χ1v) is 8.65. The van der Waals surface area contributed by atoms with E-state index in [4.69, 9.17) is 0 Å². The second-order valence-electron chi connectivity index (χ2n) is 7.87. The van der Waals surface area contributed by atoms with E-state index in [0.717, 1.165) is 38.6 Å². The highest BCUT2D eigenvalue weighted by molar-refractivity contribution is 5.74. The molecule has 130 valence electrons. The third kappa shape index (κ3) is 6.53. The van der Waals surface area contributed by atoms with Gasteiger partial charge >= 0.3 is 6.03 Å². The van der Waals surface area contributed by atoms with Gasteiger partial charge in [-0.15, -0.1) is 0 Å². The average molecular weight is 313 g/mol. The summed E-state index contributed by atoms with van der Waals surface area (Å²) in [6.07, 6.45) is 5.08. The van der Waals surface area contributed by atoms with Crippen LogP contribution >= 0.6 is 0 Å². The summed E-state index contributed by atoms with van der Waals surface area (Å²) in [6, 6.07) is 0.134. The van der Waals surface area contributed by atoms with Crippen LogP contribution in [-0.4, -0.2) is 52.9 Å². The van der Waals surface area contributed by atoms with Gasteiger partial charge in [-0.2, -0.15) is 0 Å². The number of carbonyl (C=O) groups excluding carboxylic acids is 1. The van der Waals surface area contributed by atoms with E-state index in [-0.39, 0.29) is 29.8 Å². The molecule has 2 amide bonds. The first-order chi connectivity index (χ1) is 10.2. The molecular weight excluding hydrogens is 278 g/mol. The van der Waals surface area contributed by atoms with Crippen molar-refractivity contribution < 1.29 is 9.90 Å². The molecule has 3 N–H and O–H groups in total. The lowest BCUT2D eigenvalue weighted by Gasteiger charge is -2.46. The molecule has 1 heterocycles. The number of unbranched alkanes of at least 4 members (excludes halogenated alkanes) is 2. The molecule has 0 atom stereocenters. The zero-order valence-corrected chi connectivity index (χ0v) is 15.0. The average Bonchev–Trinajstić information content (AvgIpc) is 2.33. The number of urea groups is 1. The zero-order chi connectivity index (χ0) is 16.8. The van der Waals surface area contributed by atoms with Crippen molar-refractivity contribution in [3.05, 3.63) is 0 Å². The van der Waals surface area contributed by atoms with E-state index in [9.17, 15) is 9.90 Å². The van der Waals surface area contributed by atoms with Crippen LogP contribution in [0.4, 0.5) is 4.79 Å². The van der Waals surface area contributed by atoms with Crippen molar-refractivity contribution >= 4 is 6.03 Å². The molecule has 1 saturated heterocycles. The highest BCUT2D eigenvalue weighted by Gasteiger charge is 2.38. The van der Waals surface area contributed by atoms with Gasteiger partial charge in [-0.05, 0) is 47.0 Å². The largest absolute Gasteiger partial charge is 0.395 e. The summed E-state index contributed by atoms with van der Waals surface area (Å²) in [5.41, 5.74) is 0.0352. The summed E-state index contributed by atoms with van der Waals surface area (Å²) in [5, 5.41) is 16.0. The van der Waals surface area contributed by atoms with Gasteiger partial charge in [-0.25, -0.2) is 4.79 Å². The van der Waals surface area contributed by atoms with Crippen LogP contribution in [-0.2, 0) is 0 Å². The second-order valence-corrected chi connectivity index (χ2v) is 7.87. The van der Waals surface area contributed by atoms with E-state index in [0.29, 0.717) is 6.54 Å². The number of rotatable bonds is 7. The number of amides is 2. The Morgan fingerprint density at radius 2 is 1.77 bits per heavy atom. The van der Waals surface area contributed by atoms with Crippen LogP contribution in [0.15, 0.2) is 0 Å². The van der Waals surface area contributed by atoms with Gasteiger partial charge in [-0.1, -0.05) is 19.8 Å². The van der Waals surface area contributed by atoms with E-state index in [1.54, 1.807) is 4.90 Å². The van der Waals surface area contributed by atoms with E-state index in [1.165, 1.54) is 0 Å². The third-order valence-electron chi connectivity index (χ3n) is 4.21. The number of piperidine rings is 1. The molecule has 0 aromatic heterocycles. The van der Waals surface area contributed by atoms with Crippen molar-refractivity contribution in [2.75, 3.05) is 19.7 Å². The molecule has 0 unspecified atom stereocenters. The number of nitrogens with zero attached hydrogens (tertiary/aromatic N) is 1. The molecule has 5 nitrogen and oxygen atoms in total. The molecular formula is C17H35N3O2. The first-order valence-electron chi connectivity index (χ1n) is 8.65. The van der Waals surface area contributed by atoms with Gasteiger partial charge in [0.05, 0.1) is 6.61 Å². The molecule has 1 rings (SSSR count). The first kappa shape index (κ1) is 19.2. The van der Waals surface area contributed by atoms with Gasteiger partial charge in [-0.3, -0.25) is 0 Å². The number of hydrogen-bond donors (Lipinski definition) is 3. The summed E-state index contributed by atoms with van der Waals surface area (Å²) < 4.78 is 0. The SMILES string of the molecule is CCCCCN(CCO)C(=O)NC1CC(C)(C)NC(C)(C)C1. The van der Waals surface area contributed by atoms with Gasteiger partial charge in [0, 0.05) is 30.2 Å². The van der Waals surface area contributed by atoms with Crippen molar-refractivity contribution in [1.29, 1.82) is 0 Å². The smallest absolute Gasteiger partial charge is 0.317 e. The van der Waals surface area contributed by atoms with Crippen molar-refractivity contribution in [2.24, 2.45) is 0 Å². The summed E-state index contributed by atoms with van der Waals surface area (Å²) in [5.74, 6) is 0. The van der Waals surface area contributed by atoms with Crippen LogP contribution in [0.1, 0.15) is 66.7 Å². The lowest BCUT2D eigenvalue weighted by Crippen LogP contribution is -2.63. The minimum absolute atomic E-state index is 0.0166. The summed E-state index contributed by atoms with van der Waals surface area (Å²) >= 11 is 0. The molecule has 0 spiro atoms. The minimum Gasteiger partial charge on any atom is -0.395 e. The predicted octanol–water partition coefficient (Wildman–Crippen LogP) is 2.49. The lowest BCUT2D eigenvalue weighted by atomic mass is 9.80. The Labute approximate surface area is 135 Å². The fraction of sp³-hybridized carbons (Fsp3) is 0.941. The fourth-order valence-corrected chi connectivity index (χ4v) is 3.68. The van der Waals surface area contributed by atoms with Crippen LogP contribution in [0.25, 0.3) is 0 Å². The Hall–Kier alpha value is -0.810. The Morgan fingerprint density at radius 3 is 2.27 bits per heavy atom. The van der Waals surface area contributed by atoms with Crippen molar-refractivity contribution in [3.63, 3.8) is 0 Å². The highest BCUT2D eigenvalue weighted by atomic mass is 16.3. The van der Waals surface area contributed by atoms with Gasteiger partial charge in [0.15, 0.2) is 0 Å². The number of carbonyl (C=O) groups is 1. The monoisotopic (exact) mass is 313 g/mol. The van der Waals surface area contributed by atoms with Crippen LogP contribution in [0.3, 0.4) is 0 Å². The summed E-state index contributed by atoms with van der Waals surface area (Å²) in [7, 11) is 0. The van der Waals surface area contributed by atoms with Gasteiger partial charge in [0.1, 0.15) is 0 Å². The molecule has 0 radical (unpaired) electrons. The second kappa shape index (κ2) is 8.16. The maximum Gasteiger partial charge on any atom is 0.317 e. The summed E-state index contributed by atoms with van der Waals surface area (Å²) in [6.45, 7) is 12.0. The Bertz CT molecular complexity index is 340. The third-order valence-corrected chi connectivity index (χ3v) is 4.21. The van der Waals surface area contributed by atoms with Crippen molar-refractivity contribution in [2.45, 2.75) is 83.8 Å². The molecule has 0 saturated carbocycles. The van der Waals surface area contributed by atoms with Crippen LogP contribution < -0.4 is 10.6 Å². The normalized spacial score (nSPS) is 20.6. The minimum atomic E-state index is -0.0383. The van der Waals surface area contributed by atoms with Gasteiger partial charge < -0.3 is 20.6 Å². The van der Waals surface area contributed by atoms with E-state index in [2.05, 4.69) is 45.3 Å². The van der Waals surface area contributed by atoms with E-state index < -0.39 is 0 Å². The van der Waals surface area contributed by atoms with Gasteiger partial charge in [0.2, 0.25) is 0 Å². The van der Waals surface area contributed by atoms with Gasteiger partial charge in [0.25, 0.3) is 0 Å². The van der Waals surface area contributed by atoms with Crippen LogP contribution in [0.2, 0.25) is 0 Å². The molecule has 22 heavy (non-hydrogen) atoms. The summed E-state index contributed by atoms with van der Waals surface area (Å²) in [4.78, 5) is 14.2. The lowest BCUT2D eigenvalue weighted by molar-refractivity contribution is 0.134. The van der Waals surface area contributed by atoms with E-state index >= 15 is 0 Å². The fourth-order valence-electron chi connectivity index (χ4n) is 3.68. The topological polar surface area (TPSA) is 64.6 Å². The molecule has 1 aliphatic heterocycles. The highest BCUT2D eigenvalue weighted by Crippen LogP contribution is 2.28. The quantitative estimate of drug-likeness (QED) is 0.633. The molecule has 0 aromatic carbocycles. The van der Waals surface area contributed by atoms with Crippen molar-refractivity contribution in [3.8, 4) is 0 Å². The van der Waals surface area contributed by atoms with E-state index in [1.807, 2.05) is 0 Å². The Morgan fingerprint density at radius 1 is 1.18 bits per heavy atom.